The molecule has 2 heterocycles. The van der Waals surface area contributed by atoms with Crippen molar-refractivity contribution in [3.05, 3.63) is 23.0 Å². The maximum Gasteiger partial charge on any atom is 0.410 e. The first kappa shape index (κ1) is 15.4. The number of esters is 1. The number of hydrogen-bond donors (Lipinski definition) is 1. The first-order valence-corrected chi connectivity index (χ1v) is 7.16. The fourth-order valence-corrected chi connectivity index (χ4v) is 2.24. The van der Waals surface area contributed by atoms with Gasteiger partial charge in [-0.05, 0) is 39.3 Å². The van der Waals surface area contributed by atoms with Gasteiger partial charge in [-0.25, -0.2) is 9.59 Å². The number of H-pyrrole nitrogens is 1. The van der Waals surface area contributed by atoms with Gasteiger partial charge in [0, 0.05) is 18.7 Å². The average Bonchev–Trinajstić information content (AvgIpc) is 2.79. The molecule has 0 saturated heterocycles. The van der Waals surface area contributed by atoms with Crippen LogP contribution in [0.25, 0.3) is 0 Å². The van der Waals surface area contributed by atoms with E-state index in [2.05, 4.69) is 4.98 Å². The molecular formula is C15H22N2O4. The lowest BCUT2D eigenvalue weighted by Crippen LogP contribution is -2.39. The molecule has 0 spiro atoms. The summed E-state index contributed by atoms with van der Waals surface area (Å²) in [5.74, 6) is -0.365. The van der Waals surface area contributed by atoms with Gasteiger partial charge in [-0.15, -0.1) is 0 Å². The van der Waals surface area contributed by atoms with Crippen molar-refractivity contribution >= 4 is 12.1 Å². The van der Waals surface area contributed by atoms with E-state index in [0.29, 0.717) is 31.8 Å². The second-order valence-corrected chi connectivity index (χ2v) is 6.06. The highest BCUT2D eigenvalue weighted by Gasteiger charge is 2.27. The number of aromatic nitrogens is 1. The summed E-state index contributed by atoms with van der Waals surface area (Å²) in [5, 5.41) is 0. The molecule has 1 aliphatic rings. The second kappa shape index (κ2) is 5.79. The van der Waals surface area contributed by atoms with Gasteiger partial charge >= 0.3 is 12.1 Å². The van der Waals surface area contributed by atoms with E-state index < -0.39 is 5.60 Å². The van der Waals surface area contributed by atoms with Crippen molar-refractivity contribution in [2.24, 2.45) is 0 Å². The molecule has 1 aliphatic heterocycles. The fourth-order valence-electron chi connectivity index (χ4n) is 2.24. The van der Waals surface area contributed by atoms with E-state index in [-0.39, 0.29) is 12.1 Å². The summed E-state index contributed by atoms with van der Waals surface area (Å²) in [7, 11) is 0. The molecule has 0 unspecified atom stereocenters. The van der Waals surface area contributed by atoms with Crippen LogP contribution in [0.2, 0.25) is 0 Å². The van der Waals surface area contributed by atoms with Crippen LogP contribution in [0, 0.1) is 0 Å². The van der Waals surface area contributed by atoms with Crippen molar-refractivity contribution in [1.29, 1.82) is 0 Å². The summed E-state index contributed by atoms with van der Waals surface area (Å²) in [6.07, 6.45) is 0.348. The van der Waals surface area contributed by atoms with Crippen LogP contribution in [-0.4, -0.2) is 40.7 Å². The number of fused-ring (bicyclic) bond motifs is 1. The van der Waals surface area contributed by atoms with Crippen LogP contribution >= 0.6 is 0 Å². The number of rotatable bonds is 2. The Morgan fingerprint density at radius 3 is 2.71 bits per heavy atom. The van der Waals surface area contributed by atoms with Gasteiger partial charge in [0.15, 0.2) is 0 Å². The Balaban J connectivity index is 2.07. The van der Waals surface area contributed by atoms with Crippen LogP contribution in [-0.2, 0) is 22.4 Å². The zero-order chi connectivity index (χ0) is 15.6. The van der Waals surface area contributed by atoms with Crippen LogP contribution < -0.4 is 0 Å². The SMILES string of the molecule is CCOC(=O)c1cc2c([nH]1)CCN(C(=O)OC(C)(C)C)C2. The predicted octanol–water partition coefficient (Wildman–Crippen LogP) is 2.48. The Bertz CT molecular complexity index is 542. The number of ether oxygens (including phenoxy) is 2. The van der Waals surface area contributed by atoms with E-state index in [4.69, 9.17) is 9.47 Å². The lowest BCUT2D eigenvalue weighted by molar-refractivity contribution is 0.0223. The normalized spacial score (nSPS) is 14.6. The molecule has 2 rings (SSSR count). The Hall–Kier alpha value is -1.98. The summed E-state index contributed by atoms with van der Waals surface area (Å²) >= 11 is 0. The number of amides is 1. The molecule has 1 aromatic heterocycles. The van der Waals surface area contributed by atoms with Crippen molar-refractivity contribution in [2.75, 3.05) is 13.2 Å². The third-order valence-electron chi connectivity index (χ3n) is 3.13. The minimum atomic E-state index is -0.508. The Kier molecular flexibility index (Phi) is 4.25. The molecule has 21 heavy (non-hydrogen) atoms. The maximum absolute atomic E-state index is 12.1. The molecular weight excluding hydrogens is 272 g/mol. The van der Waals surface area contributed by atoms with Gasteiger partial charge in [0.25, 0.3) is 0 Å². The third kappa shape index (κ3) is 3.77. The highest BCUT2D eigenvalue weighted by atomic mass is 16.6. The summed E-state index contributed by atoms with van der Waals surface area (Å²) in [5.41, 5.74) is 1.85. The molecule has 0 atom stereocenters. The van der Waals surface area contributed by atoms with E-state index in [1.807, 2.05) is 20.8 Å². The zero-order valence-corrected chi connectivity index (χ0v) is 13.0. The molecule has 0 fully saturated rings. The van der Waals surface area contributed by atoms with Crippen molar-refractivity contribution in [1.82, 2.24) is 9.88 Å². The number of hydrogen-bond acceptors (Lipinski definition) is 4. The number of nitrogens with zero attached hydrogens (tertiary/aromatic N) is 1. The molecule has 6 nitrogen and oxygen atoms in total. The molecule has 0 bridgehead atoms. The highest BCUT2D eigenvalue weighted by Crippen LogP contribution is 2.22. The summed E-state index contributed by atoms with van der Waals surface area (Å²) in [6.45, 7) is 8.66. The number of carbonyl (C=O) groups is 2. The van der Waals surface area contributed by atoms with Crippen LogP contribution in [0.4, 0.5) is 4.79 Å². The third-order valence-corrected chi connectivity index (χ3v) is 3.13. The van der Waals surface area contributed by atoms with Crippen LogP contribution in [0.1, 0.15) is 49.4 Å². The van der Waals surface area contributed by atoms with Gasteiger partial charge in [0.05, 0.1) is 13.2 Å². The fraction of sp³-hybridized carbons (Fsp3) is 0.600. The topological polar surface area (TPSA) is 71.6 Å². The van der Waals surface area contributed by atoms with Gasteiger partial charge in [0.1, 0.15) is 11.3 Å². The number of nitrogens with one attached hydrogen (secondary N) is 1. The minimum Gasteiger partial charge on any atom is -0.461 e. The molecule has 1 N–H and O–H groups in total. The van der Waals surface area contributed by atoms with Crippen LogP contribution in [0.5, 0.6) is 0 Å². The lowest BCUT2D eigenvalue weighted by atomic mass is 10.1. The smallest absolute Gasteiger partial charge is 0.410 e. The van der Waals surface area contributed by atoms with Gasteiger partial charge in [-0.2, -0.15) is 0 Å². The largest absolute Gasteiger partial charge is 0.461 e. The summed E-state index contributed by atoms with van der Waals surface area (Å²) in [6, 6.07) is 1.75. The molecule has 1 amide bonds. The molecule has 1 aromatic rings. The highest BCUT2D eigenvalue weighted by molar-refractivity contribution is 5.88. The maximum atomic E-state index is 12.1. The number of aromatic amines is 1. The molecule has 0 radical (unpaired) electrons. The predicted molar refractivity (Wildman–Crippen MR) is 77.1 cm³/mol. The van der Waals surface area contributed by atoms with Crippen molar-refractivity contribution in [3.8, 4) is 0 Å². The molecule has 116 valence electrons. The van der Waals surface area contributed by atoms with Gasteiger partial charge in [-0.3, -0.25) is 0 Å². The minimum absolute atomic E-state index is 0.327. The lowest BCUT2D eigenvalue weighted by Gasteiger charge is -2.29. The first-order chi connectivity index (χ1) is 9.80. The van der Waals surface area contributed by atoms with Gasteiger partial charge in [-0.1, -0.05) is 0 Å². The zero-order valence-electron chi connectivity index (χ0n) is 13.0. The van der Waals surface area contributed by atoms with Gasteiger partial charge in [0.2, 0.25) is 0 Å². The Labute approximate surface area is 124 Å². The van der Waals surface area contributed by atoms with Gasteiger partial charge < -0.3 is 19.4 Å². The summed E-state index contributed by atoms with van der Waals surface area (Å²) < 4.78 is 10.3. The van der Waals surface area contributed by atoms with E-state index in [0.717, 1.165) is 11.3 Å². The number of carbonyl (C=O) groups excluding carboxylic acids is 2. The van der Waals surface area contributed by atoms with E-state index in [1.165, 1.54) is 0 Å². The average molecular weight is 294 g/mol. The molecule has 0 saturated carbocycles. The van der Waals surface area contributed by atoms with Crippen LogP contribution in [0.15, 0.2) is 6.07 Å². The quantitative estimate of drug-likeness (QED) is 0.851. The van der Waals surface area contributed by atoms with Crippen molar-refractivity contribution in [3.63, 3.8) is 0 Å². The Morgan fingerprint density at radius 2 is 2.10 bits per heavy atom. The monoisotopic (exact) mass is 294 g/mol. The second-order valence-electron chi connectivity index (χ2n) is 6.06. The van der Waals surface area contributed by atoms with Crippen molar-refractivity contribution in [2.45, 2.75) is 46.3 Å². The van der Waals surface area contributed by atoms with Crippen LogP contribution in [0.3, 0.4) is 0 Å². The molecule has 0 aromatic carbocycles. The standard InChI is InChI=1S/C15H22N2O4/c1-5-20-13(18)12-8-10-9-17(7-6-11(10)16-12)14(19)21-15(2,3)4/h8,16H,5-7,9H2,1-4H3. The molecule has 6 heteroatoms. The van der Waals surface area contributed by atoms with E-state index in [9.17, 15) is 9.59 Å². The first-order valence-electron chi connectivity index (χ1n) is 7.16. The van der Waals surface area contributed by atoms with E-state index >= 15 is 0 Å². The van der Waals surface area contributed by atoms with E-state index in [1.54, 1.807) is 17.9 Å². The Morgan fingerprint density at radius 1 is 1.38 bits per heavy atom. The molecule has 0 aliphatic carbocycles. The summed E-state index contributed by atoms with van der Waals surface area (Å²) in [4.78, 5) is 28.5. The van der Waals surface area contributed by atoms with Crippen molar-refractivity contribution < 1.29 is 19.1 Å².